The van der Waals surface area contributed by atoms with E-state index < -0.39 is 0 Å². The molecule has 1 unspecified atom stereocenters. The predicted octanol–water partition coefficient (Wildman–Crippen LogP) is 3.86. The minimum absolute atomic E-state index is 0.488. The van der Waals surface area contributed by atoms with E-state index in [1.165, 1.54) is 25.9 Å². The summed E-state index contributed by atoms with van der Waals surface area (Å²) in [6.07, 6.45) is 2.55. The monoisotopic (exact) mass is 290 g/mol. The topological polar surface area (TPSA) is 24.5 Å². The van der Waals surface area contributed by atoms with E-state index in [-0.39, 0.29) is 0 Å². The lowest BCUT2D eigenvalue weighted by Gasteiger charge is -2.33. The number of anilines is 1. The van der Waals surface area contributed by atoms with Crippen LogP contribution in [-0.4, -0.2) is 37.7 Å². The molecule has 0 amide bonds. The van der Waals surface area contributed by atoms with Crippen molar-refractivity contribution in [2.75, 3.05) is 32.1 Å². The van der Waals surface area contributed by atoms with Crippen LogP contribution in [-0.2, 0) is 0 Å². The Morgan fingerprint density at radius 3 is 2.52 bits per heavy atom. The number of nitrogens with one attached hydrogen (secondary N) is 1. The largest absolute Gasteiger partial charge is 0.491 e. The third-order valence-electron chi connectivity index (χ3n) is 4.31. The molecule has 2 rings (SSSR count). The fourth-order valence-electron chi connectivity index (χ4n) is 2.86. The van der Waals surface area contributed by atoms with Gasteiger partial charge in [0.2, 0.25) is 0 Å². The van der Waals surface area contributed by atoms with Gasteiger partial charge >= 0.3 is 0 Å². The van der Waals surface area contributed by atoms with Crippen molar-refractivity contribution in [2.45, 2.75) is 39.7 Å². The first kappa shape index (κ1) is 16.2. The maximum atomic E-state index is 5.93. The van der Waals surface area contributed by atoms with Gasteiger partial charge in [-0.2, -0.15) is 0 Å². The van der Waals surface area contributed by atoms with Gasteiger partial charge in [0.1, 0.15) is 5.75 Å². The molecule has 1 aromatic carbocycles. The summed E-state index contributed by atoms with van der Waals surface area (Å²) in [5.41, 5.74) is 1.13. The number of nitrogens with zero attached hydrogens (tertiary/aromatic N) is 1. The van der Waals surface area contributed by atoms with Crippen molar-refractivity contribution in [1.29, 1.82) is 0 Å². The Bertz CT molecular complexity index is 425. The van der Waals surface area contributed by atoms with Crippen molar-refractivity contribution in [3.05, 3.63) is 24.3 Å². The minimum atomic E-state index is 0.488. The SMILES string of the molecule is CC(C)COc1ccccc1NC(C)C1CCN(C)CC1. The van der Waals surface area contributed by atoms with E-state index in [4.69, 9.17) is 4.74 Å². The van der Waals surface area contributed by atoms with Crippen LogP contribution in [0.1, 0.15) is 33.6 Å². The number of para-hydroxylation sites is 2. The summed E-state index contributed by atoms with van der Waals surface area (Å²) >= 11 is 0. The van der Waals surface area contributed by atoms with Crippen molar-refractivity contribution in [2.24, 2.45) is 11.8 Å². The molecule has 1 N–H and O–H groups in total. The molecule has 3 heteroatoms. The van der Waals surface area contributed by atoms with Gasteiger partial charge in [-0.3, -0.25) is 0 Å². The van der Waals surface area contributed by atoms with Crippen molar-refractivity contribution in [1.82, 2.24) is 4.90 Å². The lowest BCUT2D eigenvalue weighted by molar-refractivity contribution is 0.208. The summed E-state index contributed by atoms with van der Waals surface area (Å²) in [6, 6.07) is 8.79. The number of ether oxygens (including phenoxy) is 1. The van der Waals surface area contributed by atoms with Crippen LogP contribution in [0, 0.1) is 11.8 Å². The summed E-state index contributed by atoms with van der Waals surface area (Å²) in [7, 11) is 2.21. The number of benzene rings is 1. The van der Waals surface area contributed by atoms with Gasteiger partial charge in [0.15, 0.2) is 0 Å². The highest BCUT2D eigenvalue weighted by molar-refractivity contribution is 5.56. The molecule has 0 radical (unpaired) electrons. The first-order valence-corrected chi connectivity index (χ1v) is 8.23. The Balaban J connectivity index is 1.95. The van der Waals surface area contributed by atoms with Crippen molar-refractivity contribution < 1.29 is 4.74 Å². The van der Waals surface area contributed by atoms with Crippen LogP contribution < -0.4 is 10.1 Å². The second-order valence-corrected chi connectivity index (χ2v) is 6.77. The fourth-order valence-corrected chi connectivity index (χ4v) is 2.86. The maximum Gasteiger partial charge on any atom is 0.142 e. The molecule has 1 heterocycles. The Kier molecular flexibility index (Phi) is 5.92. The zero-order chi connectivity index (χ0) is 15.2. The van der Waals surface area contributed by atoms with Crippen LogP contribution >= 0.6 is 0 Å². The lowest BCUT2D eigenvalue weighted by Crippen LogP contribution is -2.37. The smallest absolute Gasteiger partial charge is 0.142 e. The van der Waals surface area contributed by atoms with Gasteiger partial charge in [-0.1, -0.05) is 26.0 Å². The van der Waals surface area contributed by atoms with Crippen LogP contribution in [0.25, 0.3) is 0 Å². The van der Waals surface area contributed by atoms with Crippen molar-refractivity contribution in [3.8, 4) is 5.75 Å². The molecule has 3 nitrogen and oxygen atoms in total. The molecular formula is C18H30N2O. The van der Waals surface area contributed by atoms with Gasteiger partial charge in [-0.25, -0.2) is 0 Å². The van der Waals surface area contributed by atoms with Crippen molar-refractivity contribution >= 4 is 5.69 Å². The van der Waals surface area contributed by atoms with E-state index in [2.05, 4.69) is 56.2 Å². The highest BCUT2D eigenvalue weighted by Gasteiger charge is 2.22. The second-order valence-electron chi connectivity index (χ2n) is 6.77. The first-order chi connectivity index (χ1) is 10.1. The normalized spacial score (nSPS) is 18.7. The quantitative estimate of drug-likeness (QED) is 0.861. The number of piperidine rings is 1. The number of hydrogen-bond acceptors (Lipinski definition) is 3. The zero-order valence-electron chi connectivity index (χ0n) is 13.9. The molecule has 1 aliphatic heterocycles. The van der Waals surface area contributed by atoms with Crippen LogP contribution in [0.15, 0.2) is 24.3 Å². The number of rotatable bonds is 6. The number of likely N-dealkylation sites (tertiary alicyclic amines) is 1. The molecule has 0 aromatic heterocycles. The van der Waals surface area contributed by atoms with Gasteiger partial charge in [0.25, 0.3) is 0 Å². The van der Waals surface area contributed by atoms with Crippen LogP contribution in [0.3, 0.4) is 0 Å². The Hall–Kier alpha value is -1.22. The average molecular weight is 290 g/mol. The highest BCUT2D eigenvalue weighted by atomic mass is 16.5. The minimum Gasteiger partial charge on any atom is -0.491 e. The molecule has 0 saturated carbocycles. The number of hydrogen-bond donors (Lipinski definition) is 1. The molecule has 118 valence electrons. The van der Waals surface area contributed by atoms with Gasteiger partial charge in [0.05, 0.1) is 12.3 Å². The first-order valence-electron chi connectivity index (χ1n) is 8.23. The molecule has 21 heavy (non-hydrogen) atoms. The van der Waals surface area contributed by atoms with Crippen molar-refractivity contribution in [3.63, 3.8) is 0 Å². The molecule has 1 atom stereocenters. The lowest BCUT2D eigenvalue weighted by atomic mass is 9.90. The van der Waals surface area contributed by atoms with Gasteiger partial charge in [-0.05, 0) is 63.9 Å². The van der Waals surface area contributed by atoms with Gasteiger partial charge < -0.3 is 15.0 Å². The third kappa shape index (κ3) is 4.92. The van der Waals surface area contributed by atoms with E-state index in [0.717, 1.165) is 24.0 Å². The molecule has 1 saturated heterocycles. The molecule has 1 aromatic rings. The molecule has 1 aliphatic rings. The maximum absolute atomic E-state index is 5.93. The summed E-state index contributed by atoms with van der Waals surface area (Å²) in [6.45, 7) is 9.84. The molecule has 0 bridgehead atoms. The summed E-state index contributed by atoms with van der Waals surface area (Å²) in [4.78, 5) is 2.42. The predicted molar refractivity (Wildman–Crippen MR) is 90.1 cm³/mol. The molecular weight excluding hydrogens is 260 g/mol. The average Bonchev–Trinajstić information content (AvgIpc) is 2.47. The summed E-state index contributed by atoms with van der Waals surface area (Å²) in [5.74, 6) is 2.27. The summed E-state index contributed by atoms with van der Waals surface area (Å²) < 4.78 is 5.93. The molecule has 1 fully saturated rings. The Morgan fingerprint density at radius 2 is 1.86 bits per heavy atom. The third-order valence-corrected chi connectivity index (χ3v) is 4.31. The van der Waals surface area contributed by atoms with E-state index in [0.29, 0.717) is 12.0 Å². The highest BCUT2D eigenvalue weighted by Crippen LogP contribution is 2.28. The van der Waals surface area contributed by atoms with Crippen LogP contribution in [0.5, 0.6) is 5.75 Å². The van der Waals surface area contributed by atoms with Gasteiger partial charge in [-0.15, -0.1) is 0 Å². The standard InChI is InChI=1S/C18H30N2O/c1-14(2)13-21-18-8-6-5-7-17(18)19-15(3)16-9-11-20(4)12-10-16/h5-8,14-16,19H,9-13H2,1-4H3. The van der Waals surface area contributed by atoms with Crippen LogP contribution in [0.2, 0.25) is 0 Å². The van der Waals surface area contributed by atoms with E-state index >= 15 is 0 Å². The van der Waals surface area contributed by atoms with E-state index in [9.17, 15) is 0 Å². The zero-order valence-corrected chi connectivity index (χ0v) is 13.9. The summed E-state index contributed by atoms with van der Waals surface area (Å²) in [5, 5.41) is 3.68. The Morgan fingerprint density at radius 1 is 1.19 bits per heavy atom. The fraction of sp³-hybridized carbons (Fsp3) is 0.667. The van der Waals surface area contributed by atoms with E-state index in [1.807, 2.05) is 6.07 Å². The Labute approximate surface area is 129 Å². The van der Waals surface area contributed by atoms with E-state index in [1.54, 1.807) is 0 Å². The van der Waals surface area contributed by atoms with Gasteiger partial charge in [0, 0.05) is 6.04 Å². The molecule has 0 spiro atoms. The second kappa shape index (κ2) is 7.69. The molecule has 0 aliphatic carbocycles. The van der Waals surface area contributed by atoms with Crippen LogP contribution in [0.4, 0.5) is 5.69 Å².